The number of aryl methyl sites for hydroxylation is 1. The minimum absolute atomic E-state index is 0.110. The molecular formula is C31H24ClF6N3O2. The third-order valence-corrected chi connectivity index (χ3v) is 7.29. The van der Waals surface area contributed by atoms with Gasteiger partial charge in [0.2, 0.25) is 0 Å². The Labute approximate surface area is 247 Å². The number of oxazole rings is 1. The van der Waals surface area contributed by atoms with Gasteiger partial charge >= 0.3 is 12.5 Å². The zero-order chi connectivity index (χ0) is 31.2. The molecule has 1 aliphatic rings. The minimum atomic E-state index is -4.89. The fraction of sp³-hybridized carbons (Fsp3) is 0.226. The van der Waals surface area contributed by atoms with Crippen LogP contribution in [0, 0.1) is 12.3 Å². The van der Waals surface area contributed by atoms with Gasteiger partial charge in [0.15, 0.2) is 11.7 Å². The largest absolute Gasteiger partial charge is 0.573 e. The first kappa shape index (κ1) is 30.2. The zero-order valence-electron chi connectivity index (χ0n) is 22.8. The Hall–Kier alpha value is -4.25. The average molecular weight is 620 g/mol. The molecule has 0 atom stereocenters. The molecule has 5 rings (SSSR count). The highest BCUT2D eigenvalue weighted by Crippen LogP contribution is 2.48. The van der Waals surface area contributed by atoms with Gasteiger partial charge in [-0.25, -0.2) is 4.98 Å². The van der Waals surface area contributed by atoms with E-state index in [-0.39, 0.29) is 28.4 Å². The van der Waals surface area contributed by atoms with Crippen LogP contribution in [0.1, 0.15) is 31.2 Å². The number of ether oxygens (including phenoxy) is 1. The molecule has 43 heavy (non-hydrogen) atoms. The number of hydrogen-bond acceptors (Lipinski definition) is 5. The molecule has 0 aliphatic heterocycles. The SMILES string of the molecule is Cc1nc(-c2ccc(OC(F)(F)F)cc2)c(-c2cc(-c3cccc(C4(C)CC4)c3)ccc2N/C(Cl)=C\C(=N)C(F)(F)F)o1. The van der Waals surface area contributed by atoms with E-state index in [4.69, 9.17) is 21.4 Å². The maximum absolute atomic E-state index is 13.0. The van der Waals surface area contributed by atoms with Crippen molar-refractivity contribution in [2.24, 2.45) is 0 Å². The van der Waals surface area contributed by atoms with Gasteiger partial charge in [0.05, 0.1) is 5.69 Å². The molecular weight excluding hydrogens is 596 g/mol. The molecule has 0 bridgehead atoms. The summed E-state index contributed by atoms with van der Waals surface area (Å²) in [6, 6.07) is 18.2. The van der Waals surface area contributed by atoms with Crippen LogP contribution in [-0.4, -0.2) is 23.2 Å². The predicted octanol–water partition coefficient (Wildman–Crippen LogP) is 10.0. The van der Waals surface area contributed by atoms with Gasteiger partial charge in [-0.15, -0.1) is 13.2 Å². The van der Waals surface area contributed by atoms with E-state index in [9.17, 15) is 26.3 Å². The van der Waals surface area contributed by atoms with Crippen molar-refractivity contribution in [2.75, 3.05) is 5.32 Å². The van der Waals surface area contributed by atoms with Crippen molar-refractivity contribution >= 4 is 23.0 Å². The molecule has 0 unspecified atom stereocenters. The lowest BCUT2D eigenvalue weighted by atomic mass is 9.93. The standard InChI is InChI=1S/C31H24ClF6N3O2/c1-17-40-27(18-6-9-22(10-7-18)43-31(36,37)38)28(42-17)23-15-20(19-4-3-5-21(14-19)29(2)12-13-29)8-11-24(23)41-26(32)16-25(39)30(33,34)35/h3-11,14-16,39,41H,12-13H2,1-2H3/b26-16-,39-25?. The number of nitrogens with one attached hydrogen (secondary N) is 2. The van der Waals surface area contributed by atoms with E-state index in [0.29, 0.717) is 17.2 Å². The number of anilines is 1. The summed E-state index contributed by atoms with van der Waals surface area (Å²) in [7, 11) is 0. The van der Waals surface area contributed by atoms with Crippen LogP contribution in [0.5, 0.6) is 5.75 Å². The summed E-state index contributed by atoms with van der Waals surface area (Å²) in [5, 5.41) is 9.51. The molecule has 1 aliphatic carbocycles. The monoisotopic (exact) mass is 619 g/mol. The average Bonchev–Trinajstić information content (AvgIpc) is 3.57. The summed E-state index contributed by atoms with van der Waals surface area (Å²) in [6.45, 7) is 3.77. The Morgan fingerprint density at radius 3 is 2.26 bits per heavy atom. The summed E-state index contributed by atoms with van der Waals surface area (Å²) in [5.74, 6) is 0.0174. The molecule has 4 aromatic rings. The summed E-state index contributed by atoms with van der Waals surface area (Å²) < 4.78 is 86.8. The molecule has 1 fully saturated rings. The second-order valence-corrected chi connectivity index (χ2v) is 10.8. The Morgan fingerprint density at radius 2 is 1.63 bits per heavy atom. The topological polar surface area (TPSA) is 71.1 Å². The molecule has 1 heterocycles. The van der Waals surface area contributed by atoms with Crippen LogP contribution in [0.2, 0.25) is 0 Å². The molecule has 1 aromatic heterocycles. The minimum Gasteiger partial charge on any atom is -0.440 e. The first-order valence-corrected chi connectivity index (χ1v) is 13.4. The first-order valence-electron chi connectivity index (χ1n) is 13.0. The van der Waals surface area contributed by atoms with Crippen LogP contribution in [0.15, 0.2) is 82.4 Å². The van der Waals surface area contributed by atoms with Crippen LogP contribution in [-0.2, 0) is 5.41 Å². The van der Waals surface area contributed by atoms with E-state index in [1.807, 2.05) is 12.1 Å². The quantitative estimate of drug-likeness (QED) is 0.117. The second-order valence-electron chi connectivity index (χ2n) is 10.4. The number of alkyl halides is 6. The normalized spacial score (nSPS) is 14.9. The molecule has 224 valence electrons. The smallest absolute Gasteiger partial charge is 0.440 e. The number of halogens is 7. The molecule has 2 N–H and O–H groups in total. The summed E-state index contributed by atoms with van der Waals surface area (Å²) in [5.41, 5.74) is 2.61. The van der Waals surface area contributed by atoms with Crippen LogP contribution in [0.3, 0.4) is 0 Å². The van der Waals surface area contributed by atoms with Gasteiger partial charge in [0.1, 0.15) is 22.3 Å². The zero-order valence-corrected chi connectivity index (χ0v) is 23.5. The summed E-state index contributed by atoms with van der Waals surface area (Å²) in [4.78, 5) is 4.43. The van der Waals surface area contributed by atoms with Crippen LogP contribution in [0.4, 0.5) is 32.0 Å². The molecule has 3 aromatic carbocycles. The Kier molecular flexibility index (Phi) is 7.81. The van der Waals surface area contributed by atoms with E-state index >= 15 is 0 Å². The van der Waals surface area contributed by atoms with Crippen LogP contribution in [0.25, 0.3) is 33.7 Å². The lowest BCUT2D eigenvalue weighted by Gasteiger charge is -2.15. The van der Waals surface area contributed by atoms with Gasteiger partial charge in [0, 0.05) is 24.1 Å². The maximum atomic E-state index is 13.0. The van der Waals surface area contributed by atoms with E-state index in [2.05, 4.69) is 34.1 Å². The van der Waals surface area contributed by atoms with Crippen LogP contribution < -0.4 is 10.1 Å². The first-order chi connectivity index (χ1) is 20.1. The third-order valence-electron chi connectivity index (χ3n) is 7.08. The fourth-order valence-corrected chi connectivity index (χ4v) is 4.77. The molecule has 12 heteroatoms. The van der Waals surface area contributed by atoms with E-state index in [1.54, 1.807) is 25.1 Å². The summed E-state index contributed by atoms with van der Waals surface area (Å²) in [6.07, 6.45) is -7.15. The Balaban J connectivity index is 1.60. The number of nitrogens with zero attached hydrogens (tertiary/aromatic N) is 1. The van der Waals surface area contributed by atoms with Crippen molar-refractivity contribution in [3.63, 3.8) is 0 Å². The van der Waals surface area contributed by atoms with Crippen molar-refractivity contribution < 1.29 is 35.5 Å². The molecule has 0 radical (unpaired) electrons. The highest BCUT2D eigenvalue weighted by Gasteiger charge is 2.39. The number of aromatic nitrogens is 1. The van der Waals surface area contributed by atoms with Crippen molar-refractivity contribution in [1.82, 2.24) is 4.98 Å². The number of hydrogen-bond donors (Lipinski definition) is 2. The molecule has 0 amide bonds. The third kappa shape index (κ3) is 7.05. The Bertz CT molecular complexity index is 1700. The molecule has 1 saturated carbocycles. The fourth-order valence-electron chi connectivity index (χ4n) is 4.56. The number of benzene rings is 3. The van der Waals surface area contributed by atoms with Gasteiger partial charge in [0.25, 0.3) is 0 Å². The van der Waals surface area contributed by atoms with Crippen molar-refractivity contribution in [1.29, 1.82) is 5.41 Å². The van der Waals surface area contributed by atoms with Gasteiger partial charge < -0.3 is 14.5 Å². The lowest BCUT2D eigenvalue weighted by Crippen LogP contribution is -2.20. The molecule has 0 spiro atoms. The van der Waals surface area contributed by atoms with Gasteiger partial charge in [-0.2, -0.15) is 13.2 Å². The van der Waals surface area contributed by atoms with Gasteiger partial charge in [-0.1, -0.05) is 48.9 Å². The molecule has 5 nitrogen and oxygen atoms in total. The number of allylic oxidation sites excluding steroid dienone is 1. The second kappa shape index (κ2) is 11.1. The summed E-state index contributed by atoms with van der Waals surface area (Å²) >= 11 is 6.10. The van der Waals surface area contributed by atoms with Crippen molar-refractivity contribution in [2.45, 2.75) is 44.6 Å². The van der Waals surface area contributed by atoms with Crippen molar-refractivity contribution in [3.8, 4) is 39.5 Å². The van der Waals surface area contributed by atoms with E-state index in [0.717, 1.165) is 36.1 Å². The highest BCUT2D eigenvalue weighted by molar-refractivity contribution is 6.32. The van der Waals surface area contributed by atoms with Crippen LogP contribution >= 0.6 is 11.6 Å². The predicted molar refractivity (Wildman–Crippen MR) is 152 cm³/mol. The Morgan fingerprint density at radius 1 is 0.977 bits per heavy atom. The van der Waals surface area contributed by atoms with E-state index in [1.165, 1.54) is 17.7 Å². The lowest BCUT2D eigenvalue weighted by molar-refractivity contribution is -0.274. The molecule has 0 saturated heterocycles. The number of rotatable bonds is 8. The van der Waals surface area contributed by atoms with Gasteiger partial charge in [-0.3, -0.25) is 5.41 Å². The van der Waals surface area contributed by atoms with Crippen molar-refractivity contribution in [3.05, 3.63) is 89.4 Å². The van der Waals surface area contributed by atoms with Gasteiger partial charge in [-0.05, 0) is 71.3 Å². The maximum Gasteiger partial charge on any atom is 0.573 e. The van der Waals surface area contributed by atoms with E-state index < -0.39 is 29.2 Å². The highest BCUT2D eigenvalue weighted by atomic mass is 35.5.